The molecule has 1 fully saturated rings. The monoisotopic (exact) mass is 410 g/mol. The van der Waals surface area contributed by atoms with Crippen LogP contribution in [0.4, 0.5) is 0 Å². The van der Waals surface area contributed by atoms with Gasteiger partial charge in [-0.2, -0.15) is 0 Å². The zero-order valence-corrected chi connectivity index (χ0v) is 17.5. The molecule has 156 valence electrons. The van der Waals surface area contributed by atoms with Gasteiger partial charge in [0.05, 0.1) is 6.10 Å². The number of aliphatic imine (C=N–C) groups is 1. The van der Waals surface area contributed by atoms with Crippen molar-refractivity contribution in [3.05, 3.63) is 34.9 Å². The molecule has 0 spiro atoms. The minimum absolute atomic E-state index is 0.111. The number of carbonyl (C=O) groups is 1. The van der Waals surface area contributed by atoms with E-state index in [9.17, 15) is 4.79 Å². The topological polar surface area (TPSA) is 75.2 Å². The third-order valence-electron chi connectivity index (χ3n) is 4.60. The Morgan fingerprint density at radius 3 is 2.50 bits per heavy atom. The van der Waals surface area contributed by atoms with Gasteiger partial charge in [-0.1, -0.05) is 11.6 Å². The third-order valence-corrected chi connectivity index (χ3v) is 4.85. The van der Waals surface area contributed by atoms with E-state index in [2.05, 4.69) is 20.5 Å². The van der Waals surface area contributed by atoms with Gasteiger partial charge in [-0.15, -0.1) is 0 Å². The van der Waals surface area contributed by atoms with Crippen molar-refractivity contribution in [3.8, 4) is 0 Å². The van der Waals surface area contributed by atoms with Gasteiger partial charge in [0.1, 0.15) is 0 Å². The van der Waals surface area contributed by atoms with Gasteiger partial charge in [0.25, 0.3) is 5.91 Å². The maximum absolute atomic E-state index is 12.1. The fourth-order valence-electron chi connectivity index (χ4n) is 3.07. The molecule has 8 heteroatoms. The van der Waals surface area contributed by atoms with E-state index in [1.807, 2.05) is 0 Å². The molecule has 1 amide bonds. The quantitative estimate of drug-likeness (QED) is 0.370. The van der Waals surface area contributed by atoms with E-state index < -0.39 is 0 Å². The maximum Gasteiger partial charge on any atom is 0.251 e. The van der Waals surface area contributed by atoms with Crippen LogP contribution in [0.2, 0.25) is 5.02 Å². The molecule has 2 rings (SSSR count). The molecule has 0 aromatic heterocycles. The molecule has 0 aliphatic carbocycles. The molecule has 0 unspecified atom stereocenters. The maximum atomic E-state index is 12.1. The van der Waals surface area contributed by atoms with Crippen LogP contribution in [0, 0.1) is 0 Å². The van der Waals surface area contributed by atoms with Crippen molar-refractivity contribution in [1.29, 1.82) is 0 Å². The highest BCUT2D eigenvalue weighted by molar-refractivity contribution is 6.30. The van der Waals surface area contributed by atoms with Crippen LogP contribution in [-0.2, 0) is 9.47 Å². The minimum Gasteiger partial charge on any atom is -0.385 e. The summed E-state index contributed by atoms with van der Waals surface area (Å²) in [4.78, 5) is 18.7. The summed E-state index contributed by atoms with van der Waals surface area (Å²) in [7, 11) is 3.49. The molecule has 2 N–H and O–H groups in total. The lowest BCUT2D eigenvalue weighted by atomic mass is 10.1. The van der Waals surface area contributed by atoms with E-state index >= 15 is 0 Å². The van der Waals surface area contributed by atoms with E-state index in [1.165, 1.54) is 0 Å². The van der Waals surface area contributed by atoms with Crippen molar-refractivity contribution in [3.63, 3.8) is 0 Å². The van der Waals surface area contributed by atoms with Crippen molar-refractivity contribution in [2.45, 2.75) is 25.4 Å². The molecule has 1 aliphatic rings. The number of guanidine groups is 1. The van der Waals surface area contributed by atoms with Crippen LogP contribution in [0.25, 0.3) is 0 Å². The highest BCUT2D eigenvalue weighted by Crippen LogP contribution is 2.14. The summed E-state index contributed by atoms with van der Waals surface area (Å²) in [5, 5.41) is 6.82. The van der Waals surface area contributed by atoms with Gasteiger partial charge in [0.15, 0.2) is 5.96 Å². The predicted octanol–water partition coefficient (Wildman–Crippen LogP) is 2.16. The second kappa shape index (κ2) is 12.6. The van der Waals surface area contributed by atoms with Crippen molar-refractivity contribution in [1.82, 2.24) is 15.5 Å². The Hall–Kier alpha value is -1.83. The van der Waals surface area contributed by atoms with Crippen LogP contribution in [0.1, 0.15) is 29.6 Å². The number of benzene rings is 1. The van der Waals surface area contributed by atoms with E-state index in [1.54, 1.807) is 38.4 Å². The van der Waals surface area contributed by atoms with Crippen LogP contribution in [0.5, 0.6) is 0 Å². The number of piperidine rings is 1. The van der Waals surface area contributed by atoms with Gasteiger partial charge < -0.3 is 25.0 Å². The number of likely N-dealkylation sites (tertiary alicyclic amines) is 1. The number of hydrogen-bond donors (Lipinski definition) is 2. The second-order valence-corrected chi connectivity index (χ2v) is 7.08. The Labute approximate surface area is 172 Å². The summed E-state index contributed by atoms with van der Waals surface area (Å²) in [6.07, 6.45) is 3.22. The Balaban J connectivity index is 1.63. The lowest BCUT2D eigenvalue weighted by Crippen LogP contribution is -2.48. The first-order valence-corrected chi connectivity index (χ1v) is 10.1. The summed E-state index contributed by atoms with van der Waals surface area (Å²) in [6.45, 7) is 4.43. The van der Waals surface area contributed by atoms with Gasteiger partial charge in [-0.25, -0.2) is 0 Å². The average molecular weight is 411 g/mol. The zero-order valence-electron chi connectivity index (χ0n) is 16.7. The average Bonchev–Trinajstić information content (AvgIpc) is 2.72. The molecule has 28 heavy (non-hydrogen) atoms. The minimum atomic E-state index is -0.111. The Bertz CT molecular complexity index is 616. The first-order valence-electron chi connectivity index (χ1n) is 9.74. The normalized spacial score (nSPS) is 15.5. The number of halogens is 1. The van der Waals surface area contributed by atoms with Crippen LogP contribution >= 0.6 is 11.6 Å². The molecular weight excluding hydrogens is 380 g/mol. The first-order chi connectivity index (χ1) is 13.6. The largest absolute Gasteiger partial charge is 0.385 e. The number of nitrogens with zero attached hydrogens (tertiary/aromatic N) is 2. The molecule has 0 bridgehead atoms. The van der Waals surface area contributed by atoms with Crippen molar-refractivity contribution < 1.29 is 14.3 Å². The number of rotatable bonds is 9. The Morgan fingerprint density at radius 2 is 1.86 bits per heavy atom. The summed E-state index contributed by atoms with van der Waals surface area (Å²) in [5.74, 6) is 0.749. The SMILES string of the molecule is CN=C(NCCNC(=O)c1ccc(Cl)cc1)N1CCC(OCCCOC)CC1. The third kappa shape index (κ3) is 7.66. The molecule has 1 aromatic rings. The predicted molar refractivity (Wildman–Crippen MR) is 112 cm³/mol. The molecule has 0 atom stereocenters. The number of nitrogens with one attached hydrogen (secondary N) is 2. The number of hydrogen-bond acceptors (Lipinski definition) is 4. The van der Waals surface area contributed by atoms with Crippen LogP contribution in [0.15, 0.2) is 29.3 Å². The summed E-state index contributed by atoms with van der Waals surface area (Å²) >= 11 is 5.84. The van der Waals surface area contributed by atoms with Crippen LogP contribution in [-0.4, -0.2) is 76.4 Å². The molecule has 1 saturated heterocycles. The Morgan fingerprint density at radius 1 is 1.18 bits per heavy atom. The van der Waals surface area contributed by atoms with Gasteiger partial charge in [-0.05, 0) is 43.5 Å². The first kappa shape index (κ1) is 22.5. The molecular formula is C20H31ClN4O3. The van der Waals surface area contributed by atoms with Crippen LogP contribution < -0.4 is 10.6 Å². The molecule has 0 radical (unpaired) electrons. The molecule has 0 saturated carbocycles. The van der Waals surface area contributed by atoms with Gasteiger partial charge in [0.2, 0.25) is 0 Å². The van der Waals surface area contributed by atoms with E-state index in [0.717, 1.165) is 51.5 Å². The lowest BCUT2D eigenvalue weighted by molar-refractivity contribution is 0.00991. The van der Waals surface area contributed by atoms with Crippen molar-refractivity contribution in [2.24, 2.45) is 4.99 Å². The van der Waals surface area contributed by atoms with Gasteiger partial charge in [-0.3, -0.25) is 9.79 Å². The van der Waals surface area contributed by atoms with E-state index in [-0.39, 0.29) is 5.91 Å². The van der Waals surface area contributed by atoms with Crippen molar-refractivity contribution >= 4 is 23.5 Å². The number of amides is 1. The molecule has 1 aliphatic heterocycles. The summed E-state index contributed by atoms with van der Waals surface area (Å²) < 4.78 is 10.9. The number of ether oxygens (including phenoxy) is 2. The van der Waals surface area contributed by atoms with Crippen LogP contribution in [0.3, 0.4) is 0 Å². The van der Waals surface area contributed by atoms with Crippen molar-refractivity contribution in [2.75, 3.05) is 53.6 Å². The fourth-order valence-corrected chi connectivity index (χ4v) is 3.20. The van der Waals surface area contributed by atoms with E-state index in [0.29, 0.717) is 29.8 Å². The molecule has 1 heterocycles. The van der Waals surface area contributed by atoms with Gasteiger partial charge in [0, 0.05) is 64.1 Å². The number of carbonyl (C=O) groups excluding carboxylic acids is 1. The summed E-state index contributed by atoms with van der Waals surface area (Å²) in [5.41, 5.74) is 0.598. The standard InChI is InChI=1S/C20H31ClN4O3/c1-22-20(25-12-8-18(9-13-25)28-15-3-14-27-2)24-11-10-23-19(26)16-4-6-17(21)7-5-16/h4-7,18H,3,8-15H2,1-2H3,(H,22,24)(H,23,26). The zero-order chi connectivity index (χ0) is 20.2. The summed E-state index contributed by atoms with van der Waals surface area (Å²) in [6, 6.07) is 6.85. The Kier molecular flexibility index (Phi) is 10.1. The van der Waals surface area contributed by atoms with Gasteiger partial charge >= 0.3 is 0 Å². The second-order valence-electron chi connectivity index (χ2n) is 6.64. The van der Waals surface area contributed by atoms with E-state index in [4.69, 9.17) is 21.1 Å². The number of methoxy groups -OCH3 is 1. The smallest absolute Gasteiger partial charge is 0.251 e. The lowest BCUT2D eigenvalue weighted by Gasteiger charge is -2.34. The molecule has 7 nitrogen and oxygen atoms in total. The fraction of sp³-hybridized carbons (Fsp3) is 0.600. The highest BCUT2D eigenvalue weighted by atomic mass is 35.5. The molecule has 1 aromatic carbocycles. The highest BCUT2D eigenvalue weighted by Gasteiger charge is 2.21.